The van der Waals surface area contributed by atoms with Crippen LogP contribution < -0.4 is 11.5 Å². The monoisotopic (exact) mass is 177 g/mol. The molecule has 0 aliphatic heterocycles. The summed E-state index contributed by atoms with van der Waals surface area (Å²) in [4.78, 5) is 3.80. The van der Waals surface area contributed by atoms with Crippen molar-refractivity contribution in [3.63, 3.8) is 0 Å². The minimum absolute atomic E-state index is 0. The molecule has 3 nitrogen and oxygen atoms in total. The van der Waals surface area contributed by atoms with Crippen LogP contribution in [0.4, 0.5) is 5.69 Å². The average Bonchev–Trinajstić information content (AvgIpc) is 2.15. The number of hydrogen-bond donors (Lipinski definition) is 2. The van der Waals surface area contributed by atoms with E-state index in [1.807, 2.05) is 16.8 Å². The van der Waals surface area contributed by atoms with Crippen molar-refractivity contribution in [1.29, 1.82) is 0 Å². The molecule has 56 valence electrons. The highest BCUT2D eigenvalue weighted by atomic mass is 35.5. The van der Waals surface area contributed by atoms with Gasteiger partial charge in [0.2, 0.25) is 0 Å². The molecule has 0 unspecified atom stereocenters. The fourth-order valence-electron chi connectivity index (χ4n) is 0.470. The second kappa shape index (κ2) is 4.14. The molecular weight excluding hydrogens is 170 g/mol. The number of hydrogen-bond acceptors (Lipinski definition) is 2. The third-order valence-corrected chi connectivity index (χ3v) is 1.44. The van der Waals surface area contributed by atoms with Gasteiger partial charge < -0.3 is 11.5 Å². The number of aliphatic imine (C=N–C) groups is 1. The molecule has 10 heavy (non-hydrogen) atoms. The highest BCUT2D eigenvalue weighted by Gasteiger charge is 1.86. The average molecular weight is 178 g/mol. The standard InChI is InChI=1S/C5H7N3S.ClH/c6-5(7)8-4-1-2-9-3-4;/h1-3H,(H4,6,7,8);1H. The van der Waals surface area contributed by atoms with Crippen LogP contribution in [0.3, 0.4) is 0 Å². The van der Waals surface area contributed by atoms with E-state index in [4.69, 9.17) is 11.5 Å². The van der Waals surface area contributed by atoms with Crippen LogP contribution in [0.5, 0.6) is 0 Å². The molecule has 0 aliphatic carbocycles. The summed E-state index contributed by atoms with van der Waals surface area (Å²) < 4.78 is 0. The lowest BCUT2D eigenvalue weighted by Crippen LogP contribution is -2.21. The molecule has 0 aliphatic rings. The van der Waals surface area contributed by atoms with Crippen LogP contribution in [0, 0.1) is 0 Å². The molecule has 0 saturated heterocycles. The lowest BCUT2D eigenvalue weighted by Gasteiger charge is -1.85. The second-order valence-corrected chi connectivity index (χ2v) is 2.30. The van der Waals surface area contributed by atoms with Gasteiger partial charge in [-0.25, -0.2) is 4.99 Å². The summed E-state index contributed by atoms with van der Waals surface area (Å²) >= 11 is 1.56. The highest BCUT2D eigenvalue weighted by Crippen LogP contribution is 2.14. The van der Waals surface area contributed by atoms with Gasteiger partial charge in [0.25, 0.3) is 0 Å². The number of guanidine groups is 1. The molecule has 4 N–H and O–H groups in total. The van der Waals surface area contributed by atoms with Crippen LogP contribution in [0.25, 0.3) is 0 Å². The van der Waals surface area contributed by atoms with Crippen molar-refractivity contribution in [2.45, 2.75) is 0 Å². The van der Waals surface area contributed by atoms with E-state index in [2.05, 4.69) is 4.99 Å². The van der Waals surface area contributed by atoms with Crippen LogP contribution >= 0.6 is 23.7 Å². The predicted octanol–water partition coefficient (Wildman–Crippen LogP) is 1.07. The Morgan fingerprint density at radius 1 is 1.50 bits per heavy atom. The van der Waals surface area contributed by atoms with Gasteiger partial charge in [0.05, 0.1) is 5.69 Å². The summed E-state index contributed by atoms with van der Waals surface area (Å²) in [6.45, 7) is 0. The maximum atomic E-state index is 5.12. The Kier molecular flexibility index (Phi) is 3.83. The Labute approximate surface area is 69.2 Å². The molecule has 1 aromatic rings. The van der Waals surface area contributed by atoms with E-state index < -0.39 is 0 Å². The van der Waals surface area contributed by atoms with Crippen molar-refractivity contribution in [3.05, 3.63) is 16.8 Å². The maximum absolute atomic E-state index is 5.12. The van der Waals surface area contributed by atoms with E-state index in [1.165, 1.54) is 0 Å². The molecule has 5 heteroatoms. The first-order valence-electron chi connectivity index (χ1n) is 2.41. The quantitative estimate of drug-likeness (QED) is 0.498. The molecular formula is C5H8ClN3S. The molecule has 0 saturated carbocycles. The van der Waals surface area contributed by atoms with Crippen molar-refractivity contribution in [2.75, 3.05) is 0 Å². The highest BCUT2D eigenvalue weighted by molar-refractivity contribution is 7.08. The molecule has 0 aromatic carbocycles. The van der Waals surface area contributed by atoms with Gasteiger partial charge in [-0.1, -0.05) is 0 Å². The normalized spacial score (nSPS) is 8.00. The Morgan fingerprint density at radius 3 is 2.60 bits per heavy atom. The molecule has 1 rings (SSSR count). The van der Waals surface area contributed by atoms with Gasteiger partial charge in [-0.2, -0.15) is 11.3 Å². The molecule has 0 fully saturated rings. The summed E-state index contributed by atoms with van der Waals surface area (Å²) in [6, 6.07) is 1.85. The van der Waals surface area contributed by atoms with E-state index >= 15 is 0 Å². The summed E-state index contributed by atoms with van der Waals surface area (Å²) in [5.74, 6) is 0.105. The van der Waals surface area contributed by atoms with Gasteiger partial charge in [-0.3, -0.25) is 0 Å². The third kappa shape index (κ3) is 2.70. The number of halogens is 1. The third-order valence-electron chi connectivity index (χ3n) is 0.764. The second-order valence-electron chi connectivity index (χ2n) is 1.52. The SMILES string of the molecule is Cl.NC(N)=Nc1ccsc1. The number of rotatable bonds is 1. The van der Waals surface area contributed by atoms with E-state index in [0.717, 1.165) is 5.69 Å². The number of thiophene rings is 1. The molecule has 0 amide bonds. The zero-order valence-corrected chi connectivity index (χ0v) is 6.78. The van der Waals surface area contributed by atoms with Crippen molar-refractivity contribution in [2.24, 2.45) is 16.5 Å². The first-order chi connectivity index (χ1) is 4.29. The summed E-state index contributed by atoms with van der Waals surface area (Å²) in [6.07, 6.45) is 0. The van der Waals surface area contributed by atoms with Gasteiger partial charge in [-0.15, -0.1) is 12.4 Å². The van der Waals surface area contributed by atoms with E-state index in [9.17, 15) is 0 Å². The Morgan fingerprint density at radius 2 is 2.20 bits per heavy atom. The largest absolute Gasteiger partial charge is 0.370 e. The first kappa shape index (κ1) is 9.26. The molecule has 0 spiro atoms. The van der Waals surface area contributed by atoms with Crippen molar-refractivity contribution < 1.29 is 0 Å². The van der Waals surface area contributed by atoms with E-state index in [1.54, 1.807) is 11.3 Å². The predicted molar refractivity (Wildman–Crippen MR) is 47.0 cm³/mol. The molecule has 0 bridgehead atoms. The van der Waals surface area contributed by atoms with Crippen LogP contribution in [-0.2, 0) is 0 Å². The molecule has 1 aromatic heterocycles. The molecule has 1 heterocycles. The minimum Gasteiger partial charge on any atom is -0.370 e. The van der Waals surface area contributed by atoms with Crippen molar-refractivity contribution in [1.82, 2.24) is 0 Å². The van der Waals surface area contributed by atoms with Gasteiger partial charge in [-0.05, 0) is 11.4 Å². The maximum Gasteiger partial charge on any atom is 0.191 e. The minimum atomic E-state index is 0. The topological polar surface area (TPSA) is 64.4 Å². The van der Waals surface area contributed by atoms with E-state index in [0.29, 0.717) is 0 Å². The van der Waals surface area contributed by atoms with Crippen LogP contribution in [0.2, 0.25) is 0 Å². The fourth-order valence-corrected chi connectivity index (χ4v) is 1.04. The van der Waals surface area contributed by atoms with Crippen LogP contribution in [0.1, 0.15) is 0 Å². The number of nitrogens with zero attached hydrogens (tertiary/aromatic N) is 1. The Balaban J connectivity index is 0.000000810. The Hall–Kier alpha value is -0.740. The lowest BCUT2D eigenvalue weighted by molar-refractivity contribution is 1.44. The van der Waals surface area contributed by atoms with Gasteiger partial charge in [0.15, 0.2) is 5.96 Å². The first-order valence-corrected chi connectivity index (χ1v) is 3.35. The Bertz CT molecular complexity index is 203. The molecule has 0 radical (unpaired) electrons. The summed E-state index contributed by atoms with van der Waals surface area (Å²) in [5.41, 5.74) is 11.1. The van der Waals surface area contributed by atoms with E-state index in [-0.39, 0.29) is 18.4 Å². The van der Waals surface area contributed by atoms with Crippen LogP contribution in [0.15, 0.2) is 21.8 Å². The summed E-state index contributed by atoms with van der Waals surface area (Å²) in [7, 11) is 0. The number of nitrogens with two attached hydrogens (primary N) is 2. The smallest absolute Gasteiger partial charge is 0.191 e. The zero-order chi connectivity index (χ0) is 6.69. The van der Waals surface area contributed by atoms with Gasteiger partial charge in [0.1, 0.15) is 0 Å². The molecule has 0 atom stereocenters. The lowest BCUT2D eigenvalue weighted by atomic mass is 10.5. The summed E-state index contributed by atoms with van der Waals surface area (Å²) in [5, 5.41) is 3.79. The zero-order valence-electron chi connectivity index (χ0n) is 5.15. The van der Waals surface area contributed by atoms with Crippen LogP contribution in [-0.4, -0.2) is 5.96 Å². The van der Waals surface area contributed by atoms with Crippen molar-refractivity contribution >= 4 is 35.4 Å². The van der Waals surface area contributed by atoms with Crippen molar-refractivity contribution in [3.8, 4) is 0 Å². The fraction of sp³-hybridized carbons (Fsp3) is 0. The van der Waals surface area contributed by atoms with Gasteiger partial charge >= 0.3 is 0 Å². The van der Waals surface area contributed by atoms with Gasteiger partial charge in [0, 0.05) is 5.38 Å².